The number of aromatic nitrogens is 2. The van der Waals surface area contributed by atoms with Crippen molar-refractivity contribution in [1.29, 1.82) is 0 Å². The van der Waals surface area contributed by atoms with Crippen LogP contribution >= 0.6 is 0 Å². The van der Waals surface area contributed by atoms with Crippen LogP contribution in [-0.2, 0) is 21.0 Å². The summed E-state index contributed by atoms with van der Waals surface area (Å²) in [6.07, 6.45) is 0.767. The molecule has 0 radical (unpaired) electrons. The third kappa shape index (κ3) is 2.47. The molecule has 0 saturated carbocycles. The van der Waals surface area contributed by atoms with Crippen LogP contribution in [0.3, 0.4) is 0 Å². The summed E-state index contributed by atoms with van der Waals surface area (Å²) in [5.74, 6) is -1.24. The first-order valence-corrected chi connectivity index (χ1v) is 5.40. The molecular formula is C10H12N4O4. The third-order valence-corrected chi connectivity index (χ3v) is 2.42. The Hall–Kier alpha value is -2.38. The maximum absolute atomic E-state index is 11.7. The van der Waals surface area contributed by atoms with E-state index in [4.69, 9.17) is 9.94 Å². The fourth-order valence-corrected chi connectivity index (χ4v) is 1.46. The zero-order valence-corrected chi connectivity index (χ0v) is 9.66. The predicted molar refractivity (Wildman–Crippen MR) is 61.1 cm³/mol. The van der Waals surface area contributed by atoms with Crippen LogP contribution in [0.4, 0.5) is 5.82 Å². The second kappa shape index (κ2) is 4.86. The highest BCUT2D eigenvalue weighted by molar-refractivity contribution is 6.36. The molecule has 8 heteroatoms. The molecule has 1 atom stereocenters. The average molecular weight is 252 g/mol. The largest absolute Gasteiger partial charge is 0.477 e. The number of carbonyl (C=O) groups is 2. The van der Waals surface area contributed by atoms with E-state index in [-0.39, 0.29) is 12.1 Å². The van der Waals surface area contributed by atoms with Crippen LogP contribution in [0, 0.1) is 0 Å². The maximum Gasteiger partial charge on any atom is 0.353 e. The molecule has 1 aromatic heterocycles. The van der Waals surface area contributed by atoms with Crippen LogP contribution < -0.4 is 5.32 Å². The van der Waals surface area contributed by atoms with Gasteiger partial charge in [-0.3, -0.25) is 9.48 Å². The first-order valence-electron chi connectivity index (χ1n) is 5.40. The van der Waals surface area contributed by atoms with Gasteiger partial charge in [0.05, 0.1) is 0 Å². The van der Waals surface area contributed by atoms with E-state index in [9.17, 15) is 9.59 Å². The number of carboxylic acid groups (broad SMARTS) is 1. The summed E-state index contributed by atoms with van der Waals surface area (Å²) in [6, 6.07) is 1.65. The first-order chi connectivity index (χ1) is 8.60. The number of nitrogens with one attached hydrogen (secondary N) is 1. The summed E-state index contributed by atoms with van der Waals surface area (Å²) >= 11 is 0. The fourth-order valence-electron chi connectivity index (χ4n) is 1.46. The molecule has 0 aromatic carbocycles. The smallest absolute Gasteiger partial charge is 0.353 e. The second-order valence-electron chi connectivity index (χ2n) is 3.69. The number of anilines is 1. The molecule has 96 valence electrons. The van der Waals surface area contributed by atoms with E-state index in [1.807, 2.05) is 6.92 Å². The van der Waals surface area contributed by atoms with Crippen molar-refractivity contribution < 1.29 is 19.5 Å². The quantitative estimate of drug-likeness (QED) is 0.788. The minimum absolute atomic E-state index is 0.0460. The predicted octanol–water partition coefficient (Wildman–Crippen LogP) is 0.0710. The Morgan fingerprint density at radius 2 is 2.44 bits per heavy atom. The van der Waals surface area contributed by atoms with Gasteiger partial charge in [0, 0.05) is 25.2 Å². The van der Waals surface area contributed by atoms with Crippen LogP contribution in [0.2, 0.25) is 0 Å². The standard InChI is InChI=1S/C10H12N4O4/c1-2-14-4-3-8(12-14)11-9(15)7-5-6(10(16)17)13-18-7/h3-4,7H,2,5H2,1H3,(H,16,17)(H,11,12,15). The summed E-state index contributed by atoms with van der Waals surface area (Å²) in [6.45, 7) is 2.62. The van der Waals surface area contributed by atoms with Crippen molar-refractivity contribution in [3.63, 3.8) is 0 Å². The molecule has 2 N–H and O–H groups in total. The van der Waals surface area contributed by atoms with Crippen LogP contribution in [0.5, 0.6) is 0 Å². The van der Waals surface area contributed by atoms with Crippen molar-refractivity contribution in [3.8, 4) is 0 Å². The highest BCUT2D eigenvalue weighted by Crippen LogP contribution is 2.13. The molecule has 1 aliphatic heterocycles. The van der Waals surface area contributed by atoms with Crippen molar-refractivity contribution >= 4 is 23.4 Å². The van der Waals surface area contributed by atoms with Crippen molar-refractivity contribution in [2.24, 2.45) is 5.16 Å². The molecule has 0 spiro atoms. The van der Waals surface area contributed by atoms with Crippen molar-refractivity contribution in [2.75, 3.05) is 5.32 Å². The van der Waals surface area contributed by atoms with Gasteiger partial charge in [0.2, 0.25) is 6.10 Å². The molecular weight excluding hydrogens is 240 g/mol. The summed E-state index contributed by atoms with van der Waals surface area (Å²) in [4.78, 5) is 27.1. The lowest BCUT2D eigenvalue weighted by atomic mass is 10.2. The molecule has 0 fully saturated rings. The number of carboxylic acids is 1. The fraction of sp³-hybridized carbons (Fsp3) is 0.400. The van der Waals surface area contributed by atoms with E-state index < -0.39 is 18.0 Å². The molecule has 0 bridgehead atoms. The third-order valence-electron chi connectivity index (χ3n) is 2.42. The molecule has 1 amide bonds. The number of nitrogens with zero attached hydrogens (tertiary/aromatic N) is 3. The average Bonchev–Trinajstić information content (AvgIpc) is 2.97. The van der Waals surface area contributed by atoms with E-state index in [2.05, 4.69) is 15.6 Å². The lowest BCUT2D eigenvalue weighted by molar-refractivity contribution is -0.129. The van der Waals surface area contributed by atoms with Crippen molar-refractivity contribution in [3.05, 3.63) is 12.3 Å². The number of hydrogen-bond donors (Lipinski definition) is 2. The number of carbonyl (C=O) groups excluding carboxylic acids is 1. The Labute approximate surface area is 102 Å². The van der Waals surface area contributed by atoms with Gasteiger partial charge in [0.15, 0.2) is 11.5 Å². The molecule has 18 heavy (non-hydrogen) atoms. The zero-order chi connectivity index (χ0) is 13.1. The summed E-state index contributed by atoms with van der Waals surface area (Å²) < 4.78 is 1.66. The lowest BCUT2D eigenvalue weighted by Crippen LogP contribution is -2.29. The van der Waals surface area contributed by atoms with Gasteiger partial charge in [-0.15, -0.1) is 0 Å². The first kappa shape index (κ1) is 12.1. The zero-order valence-electron chi connectivity index (χ0n) is 9.66. The lowest BCUT2D eigenvalue weighted by Gasteiger charge is -2.06. The van der Waals surface area contributed by atoms with Gasteiger partial charge in [0.1, 0.15) is 0 Å². The van der Waals surface area contributed by atoms with Gasteiger partial charge < -0.3 is 15.3 Å². The molecule has 1 unspecified atom stereocenters. The second-order valence-corrected chi connectivity index (χ2v) is 3.69. The normalized spacial score (nSPS) is 18.1. The van der Waals surface area contributed by atoms with Crippen LogP contribution in [0.15, 0.2) is 17.4 Å². The number of oxime groups is 1. The summed E-state index contributed by atoms with van der Waals surface area (Å²) in [5.41, 5.74) is -0.158. The Kier molecular flexibility index (Phi) is 3.26. The molecule has 0 aliphatic carbocycles. The Morgan fingerprint density at radius 1 is 1.67 bits per heavy atom. The van der Waals surface area contributed by atoms with Gasteiger partial charge in [-0.1, -0.05) is 5.16 Å². The van der Waals surface area contributed by atoms with E-state index in [0.717, 1.165) is 0 Å². The summed E-state index contributed by atoms with van der Waals surface area (Å²) in [7, 11) is 0. The van der Waals surface area contributed by atoms with Crippen LogP contribution in [0.25, 0.3) is 0 Å². The minimum Gasteiger partial charge on any atom is -0.477 e. The summed E-state index contributed by atoms with van der Waals surface area (Å²) in [5, 5.41) is 18.6. The monoisotopic (exact) mass is 252 g/mol. The van der Waals surface area contributed by atoms with Gasteiger partial charge in [-0.05, 0) is 6.92 Å². The highest BCUT2D eigenvalue weighted by Gasteiger charge is 2.31. The van der Waals surface area contributed by atoms with E-state index >= 15 is 0 Å². The van der Waals surface area contributed by atoms with E-state index in [1.165, 1.54) is 0 Å². The number of aliphatic carboxylic acids is 1. The Bertz CT molecular complexity index is 508. The van der Waals surface area contributed by atoms with Crippen LogP contribution in [0.1, 0.15) is 13.3 Å². The molecule has 1 aliphatic rings. The van der Waals surface area contributed by atoms with Crippen molar-refractivity contribution in [1.82, 2.24) is 9.78 Å². The topological polar surface area (TPSA) is 106 Å². The van der Waals surface area contributed by atoms with E-state index in [1.54, 1.807) is 16.9 Å². The maximum atomic E-state index is 11.7. The number of amides is 1. The molecule has 2 heterocycles. The SMILES string of the molecule is CCn1ccc(NC(=O)C2CC(C(=O)O)=NO2)n1. The minimum atomic E-state index is -1.18. The van der Waals surface area contributed by atoms with Gasteiger partial charge in [0.25, 0.3) is 5.91 Å². The van der Waals surface area contributed by atoms with Gasteiger partial charge in [-0.25, -0.2) is 4.79 Å². The van der Waals surface area contributed by atoms with Crippen LogP contribution in [-0.4, -0.2) is 38.6 Å². The number of rotatable bonds is 4. The Morgan fingerprint density at radius 3 is 3.00 bits per heavy atom. The van der Waals surface area contributed by atoms with Gasteiger partial charge >= 0.3 is 5.97 Å². The molecule has 0 saturated heterocycles. The Balaban J connectivity index is 1.92. The van der Waals surface area contributed by atoms with Crippen molar-refractivity contribution in [2.45, 2.75) is 26.0 Å². The number of aryl methyl sites for hydroxylation is 1. The molecule has 1 aromatic rings. The van der Waals surface area contributed by atoms with E-state index in [0.29, 0.717) is 12.4 Å². The molecule has 2 rings (SSSR count). The highest BCUT2D eigenvalue weighted by atomic mass is 16.6. The number of hydrogen-bond acceptors (Lipinski definition) is 5. The molecule has 8 nitrogen and oxygen atoms in total. The van der Waals surface area contributed by atoms with Gasteiger partial charge in [-0.2, -0.15) is 5.10 Å².